The number of aryl methyl sites for hydroxylation is 1. The number of hydroxylamine groups is 2. The minimum absolute atomic E-state index is 0.0740. The lowest BCUT2D eigenvalue weighted by molar-refractivity contribution is -0.0757. The van der Waals surface area contributed by atoms with Gasteiger partial charge in [-0.15, -0.1) is 18.3 Å². The number of hydrogen-bond donors (Lipinski definition) is 0. The maximum Gasteiger partial charge on any atom is 0.278 e. The standard InChI is InChI=1S/C31H37BrF2N8O2/c1-6-8-21-9-12-40(13-10-21)27-17-24(32)23(29(43)39(4)44-5)16-28(27)42-19-26(37-38-42)25-15-20(3)35-30(36-25)41-14-11-31(33,34)22(7-2)18-41/h6-7,15-17,19,21-22H,1-2,8-14,18H2,3-5H3. The molecule has 13 heteroatoms. The highest BCUT2D eigenvalue weighted by Crippen LogP contribution is 2.37. The molecule has 0 bridgehead atoms. The van der Waals surface area contributed by atoms with Crippen molar-refractivity contribution < 1.29 is 18.4 Å². The molecule has 44 heavy (non-hydrogen) atoms. The normalized spacial score (nSPS) is 18.7. The Morgan fingerprint density at radius 2 is 1.89 bits per heavy atom. The van der Waals surface area contributed by atoms with Crippen molar-refractivity contribution in [1.82, 2.24) is 30.0 Å². The fourth-order valence-electron chi connectivity index (χ4n) is 5.73. The quantitative estimate of drug-likeness (QED) is 0.206. The van der Waals surface area contributed by atoms with Gasteiger partial charge in [-0.25, -0.2) is 28.5 Å². The molecule has 1 amide bonds. The summed E-state index contributed by atoms with van der Waals surface area (Å²) < 4.78 is 30.9. The van der Waals surface area contributed by atoms with Crippen molar-refractivity contribution in [2.75, 3.05) is 50.1 Å². The van der Waals surface area contributed by atoms with Gasteiger partial charge in [0.15, 0.2) is 0 Å². The van der Waals surface area contributed by atoms with Gasteiger partial charge >= 0.3 is 0 Å². The van der Waals surface area contributed by atoms with Gasteiger partial charge in [-0.1, -0.05) is 17.4 Å². The van der Waals surface area contributed by atoms with Crippen molar-refractivity contribution in [3.63, 3.8) is 0 Å². The number of rotatable bonds is 9. The number of carbonyl (C=O) groups excluding carboxylic acids is 1. The Bertz CT molecular complexity index is 1540. The zero-order chi connectivity index (χ0) is 31.6. The maximum atomic E-state index is 14.3. The van der Waals surface area contributed by atoms with E-state index in [0.717, 1.165) is 43.1 Å². The van der Waals surface area contributed by atoms with Crippen LogP contribution >= 0.6 is 15.9 Å². The topological polar surface area (TPSA) is 92.5 Å². The predicted molar refractivity (Wildman–Crippen MR) is 169 cm³/mol. The molecule has 4 heterocycles. The number of anilines is 2. The number of benzene rings is 1. The lowest BCUT2D eigenvalue weighted by atomic mass is 9.93. The molecule has 0 aliphatic carbocycles. The van der Waals surface area contributed by atoms with E-state index in [-0.39, 0.29) is 25.4 Å². The highest BCUT2D eigenvalue weighted by molar-refractivity contribution is 9.10. The third-order valence-corrected chi connectivity index (χ3v) is 9.05. The van der Waals surface area contributed by atoms with Crippen molar-refractivity contribution in [3.05, 3.63) is 65.4 Å². The molecular weight excluding hydrogens is 634 g/mol. The van der Waals surface area contributed by atoms with E-state index >= 15 is 0 Å². The van der Waals surface area contributed by atoms with Crippen molar-refractivity contribution >= 4 is 33.5 Å². The molecule has 1 atom stereocenters. The van der Waals surface area contributed by atoms with E-state index < -0.39 is 11.8 Å². The summed E-state index contributed by atoms with van der Waals surface area (Å²) in [4.78, 5) is 31.6. The van der Waals surface area contributed by atoms with Crippen LogP contribution in [0.1, 0.15) is 41.7 Å². The summed E-state index contributed by atoms with van der Waals surface area (Å²) in [7, 11) is 2.99. The number of allylic oxidation sites excluding steroid dienone is 1. The Labute approximate surface area is 264 Å². The molecule has 0 spiro atoms. The molecule has 2 aromatic heterocycles. The monoisotopic (exact) mass is 670 g/mol. The second-order valence-electron chi connectivity index (χ2n) is 11.3. The number of nitrogens with zero attached hydrogens (tertiary/aromatic N) is 8. The molecule has 3 aromatic rings. The largest absolute Gasteiger partial charge is 0.370 e. The first-order chi connectivity index (χ1) is 21.0. The number of aromatic nitrogens is 5. The van der Waals surface area contributed by atoms with E-state index in [0.29, 0.717) is 44.7 Å². The number of piperidine rings is 2. The van der Waals surface area contributed by atoms with Crippen LogP contribution in [0.4, 0.5) is 20.4 Å². The molecule has 0 N–H and O–H groups in total. The Morgan fingerprint density at radius 1 is 1.14 bits per heavy atom. The van der Waals surface area contributed by atoms with E-state index in [1.807, 2.05) is 19.1 Å². The lowest BCUT2D eigenvalue weighted by Gasteiger charge is -2.37. The van der Waals surface area contributed by atoms with Crippen molar-refractivity contribution in [2.45, 2.75) is 38.5 Å². The molecule has 234 valence electrons. The average molecular weight is 672 g/mol. The Hall–Kier alpha value is -3.71. The highest BCUT2D eigenvalue weighted by Gasteiger charge is 2.43. The second kappa shape index (κ2) is 13.1. The summed E-state index contributed by atoms with van der Waals surface area (Å²) in [5, 5.41) is 10.0. The number of halogens is 3. The second-order valence-corrected chi connectivity index (χ2v) is 12.2. The molecule has 0 radical (unpaired) electrons. The first-order valence-electron chi connectivity index (χ1n) is 14.6. The molecule has 1 aromatic carbocycles. The van der Waals surface area contributed by atoms with E-state index in [2.05, 4.69) is 49.3 Å². The summed E-state index contributed by atoms with van der Waals surface area (Å²) in [6.45, 7) is 11.2. The summed E-state index contributed by atoms with van der Waals surface area (Å²) in [6, 6.07) is 5.51. The Balaban J connectivity index is 1.51. The van der Waals surface area contributed by atoms with Crippen LogP contribution in [0.25, 0.3) is 17.1 Å². The van der Waals surface area contributed by atoms with Crippen LogP contribution in [0.5, 0.6) is 0 Å². The zero-order valence-corrected chi connectivity index (χ0v) is 26.8. The van der Waals surface area contributed by atoms with Gasteiger partial charge < -0.3 is 9.80 Å². The van der Waals surface area contributed by atoms with E-state index in [4.69, 9.17) is 9.82 Å². The number of amides is 1. The van der Waals surface area contributed by atoms with Crippen molar-refractivity contribution in [3.8, 4) is 17.1 Å². The lowest BCUT2D eigenvalue weighted by Crippen LogP contribution is -2.47. The van der Waals surface area contributed by atoms with E-state index in [9.17, 15) is 13.6 Å². The fourth-order valence-corrected chi connectivity index (χ4v) is 6.24. The summed E-state index contributed by atoms with van der Waals surface area (Å²) in [5.41, 5.74) is 3.68. The van der Waals surface area contributed by atoms with Gasteiger partial charge in [0.05, 0.1) is 41.9 Å². The van der Waals surface area contributed by atoms with Crippen molar-refractivity contribution in [1.29, 1.82) is 0 Å². The molecule has 2 aliphatic rings. The first kappa shape index (κ1) is 31.7. The molecule has 2 aliphatic heterocycles. The molecule has 2 saturated heterocycles. The average Bonchev–Trinajstić information content (AvgIpc) is 3.51. The maximum absolute atomic E-state index is 14.3. The minimum atomic E-state index is -2.81. The molecular formula is C31H37BrF2N8O2. The van der Waals surface area contributed by atoms with Gasteiger partial charge in [-0.3, -0.25) is 9.63 Å². The van der Waals surface area contributed by atoms with Gasteiger partial charge in [0.25, 0.3) is 11.8 Å². The SMILES string of the molecule is C=CCC1CCN(c2cc(Br)c(C(=O)N(C)OC)cc2-n2cc(-c3cc(C)nc(N4CCC(F)(F)C(C=C)C4)n3)nn2)CC1. The predicted octanol–water partition coefficient (Wildman–Crippen LogP) is 5.87. The zero-order valence-electron chi connectivity index (χ0n) is 25.2. The summed E-state index contributed by atoms with van der Waals surface area (Å²) in [5.74, 6) is -3.17. The van der Waals surface area contributed by atoms with Gasteiger partial charge in [0, 0.05) is 49.8 Å². The van der Waals surface area contributed by atoms with Crippen LogP contribution in [-0.4, -0.2) is 82.2 Å². The number of carbonyl (C=O) groups is 1. The number of hydrogen-bond acceptors (Lipinski definition) is 8. The van der Waals surface area contributed by atoms with Gasteiger partial charge in [-0.2, -0.15) is 0 Å². The molecule has 10 nitrogen and oxygen atoms in total. The first-order valence-corrected chi connectivity index (χ1v) is 15.4. The van der Waals surface area contributed by atoms with Crippen molar-refractivity contribution in [2.24, 2.45) is 11.8 Å². The van der Waals surface area contributed by atoms with E-state index in [1.165, 1.54) is 13.2 Å². The number of alkyl halides is 2. The van der Waals surface area contributed by atoms with Gasteiger partial charge in [0.1, 0.15) is 5.69 Å². The molecule has 2 fully saturated rings. The third kappa shape index (κ3) is 6.53. The van der Waals surface area contributed by atoms with Gasteiger partial charge in [-0.05, 0) is 66.2 Å². The van der Waals surface area contributed by atoms with Crippen LogP contribution in [-0.2, 0) is 4.84 Å². The Kier molecular flexibility index (Phi) is 9.45. The highest BCUT2D eigenvalue weighted by atomic mass is 79.9. The fraction of sp³-hybridized carbons (Fsp3) is 0.452. The Morgan fingerprint density at radius 3 is 2.57 bits per heavy atom. The van der Waals surface area contributed by atoms with Crippen LogP contribution in [0.3, 0.4) is 0 Å². The van der Waals surface area contributed by atoms with Crippen LogP contribution < -0.4 is 9.80 Å². The molecule has 5 rings (SSSR count). The van der Waals surface area contributed by atoms with Crippen LogP contribution in [0.15, 0.2) is 54.2 Å². The summed E-state index contributed by atoms with van der Waals surface area (Å²) in [6.07, 6.45) is 7.77. The van der Waals surface area contributed by atoms with Crippen LogP contribution in [0.2, 0.25) is 0 Å². The summed E-state index contributed by atoms with van der Waals surface area (Å²) >= 11 is 3.60. The van der Waals surface area contributed by atoms with Crippen LogP contribution in [0, 0.1) is 18.8 Å². The van der Waals surface area contributed by atoms with Gasteiger partial charge in [0.2, 0.25) is 5.95 Å². The molecule has 1 unspecified atom stereocenters. The third-order valence-electron chi connectivity index (χ3n) is 8.40. The van der Waals surface area contributed by atoms with E-state index in [1.54, 1.807) is 35.0 Å². The smallest absolute Gasteiger partial charge is 0.278 e. The molecule has 0 saturated carbocycles. The minimum Gasteiger partial charge on any atom is -0.370 e.